The van der Waals surface area contributed by atoms with Crippen LogP contribution >= 0.6 is 0 Å². The first kappa shape index (κ1) is 11.9. The van der Waals surface area contributed by atoms with Gasteiger partial charge in [-0.25, -0.2) is 0 Å². The molecule has 0 aromatic carbocycles. The number of rotatable bonds is 3. The molecule has 1 saturated carbocycles. The largest absolute Gasteiger partial charge is 0.481 e. The number of aliphatic carboxylic acids is 1. The summed E-state index contributed by atoms with van der Waals surface area (Å²) in [6.07, 6.45) is 4.55. The van der Waals surface area contributed by atoms with Crippen molar-refractivity contribution in [2.24, 2.45) is 23.7 Å². The van der Waals surface area contributed by atoms with Gasteiger partial charge in [0.1, 0.15) is 0 Å². The van der Waals surface area contributed by atoms with Crippen LogP contribution in [0, 0.1) is 23.7 Å². The fraction of sp³-hybridized carbons (Fsp3) is 0.923. The molecule has 0 radical (unpaired) electrons. The third kappa shape index (κ3) is 2.10. The number of likely N-dealkylation sites (tertiary alicyclic amines) is 1. The summed E-state index contributed by atoms with van der Waals surface area (Å²) in [5, 5.41) is 9.33. The van der Waals surface area contributed by atoms with Crippen molar-refractivity contribution in [1.82, 2.24) is 4.90 Å². The van der Waals surface area contributed by atoms with E-state index in [-0.39, 0.29) is 5.92 Å². The monoisotopic (exact) mass is 225 g/mol. The van der Waals surface area contributed by atoms with Gasteiger partial charge in [-0.3, -0.25) is 4.79 Å². The topological polar surface area (TPSA) is 40.5 Å². The Labute approximate surface area is 97.8 Å². The molecule has 2 fully saturated rings. The van der Waals surface area contributed by atoms with E-state index in [4.69, 9.17) is 0 Å². The van der Waals surface area contributed by atoms with Gasteiger partial charge < -0.3 is 10.0 Å². The van der Waals surface area contributed by atoms with Crippen LogP contribution in [-0.2, 0) is 4.79 Å². The highest BCUT2D eigenvalue weighted by Gasteiger charge is 2.44. The predicted octanol–water partition coefficient (Wildman–Crippen LogP) is 2.08. The average molecular weight is 225 g/mol. The second-order valence-corrected chi connectivity index (χ2v) is 5.60. The predicted molar refractivity (Wildman–Crippen MR) is 63.2 cm³/mol. The minimum Gasteiger partial charge on any atom is -0.481 e. The van der Waals surface area contributed by atoms with Crippen molar-refractivity contribution in [2.75, 3.05) is 20.1 Å². The Hall–Kier alpha value is -0.570. The van der Waals surface area contributed by atoms with E-state index in [0.717, 1.165) is 19.5 Å². The first-order chi connectivity index (χ1) is 7.63. The molecule has 0 aromatic heterocycles. The number of carboxylic acid groups (broad SMARTS) is 1. The SMILES string of the molecule is CCC(C(=O)O)C1C2CCCC1CN(C)C2. The standard InChI is InChI=1S/C13H23NO2/c1-3-11(13(15)16)12-9-5-4-6-10(12)8-14(2)7-9/h9-12H,3-8H2,1-2H3,(H,15,16). The smallest absolute Gasteiger partial charge is 0.306 e. The first-order valence-electron chi connectivity index (χ1n) is 6.54. The molecule has 0 spiro atoms. The molecule has 2 aliphatic rings. The van der Waals surface area contributed by atoms with Crippen molar-refractivity contribution in [1.29, 1.82) is 0 Å². The van der Waals surface area contributed by atoms with E-state index >= 15 is 0 Å². The van der Waals surface area contributed by atoms with Crippen LogP contribution < -0.4 is 0 Å². The average Bonchev–Trinajstić information content (AvgIpc) is 2.19. The van der Waals surface area contributed by atoms with Gasteiger partial charge in [0.15, 0.2) is 0 Å². The molecule has 3 unspecified atom stereocenters. The molecule has 0 amide bonds. The minimum absolute atomic E-state index is 0.107. The molecule has 92 valence electrons. The Bertz CT molecular complexity index is 253. The highest BCUT2D eigenvalue weighted by atomic mass is 16.4. The number of fused-ring (bicyclic) bond motifs is 2. The highest BCUT2D eigenvalue weighted by molar-refractivity contribution is 5.70. The zero-order valence-corrected chi connectivity index (χ0v) is 10.4. The zero-order valence-electron chi connectivity index (χ0n) is 10.4. The van der Waals surface area contributed by atoms with Crippen LogP contribution in [0.25, 0.3) is 0 Å². The Morgan fingerprint density at radius 1 is 1.38 bits per heavy atom. The molecular formula is C13H23NO2. The maximum Gasteiger partial charge on any atom is 0.306 e. The van der Waals surface area contributed by atoms with Gasteiger partial charge in [-0.05, 0) is 44.1 Å². The fourth-order valence-corrected chi connectivity index (χ4v) is 3.98. The fourth-order valence-electron chi connectivity index (χ4n) is 3.98. The van der Waals surface area contributed by atoms with E-state index in [0.29, 0.717) is 17.8 Å². The highest BCUT2D eigenvalue weighted by Crippen LogP contribution is 2.44. The van der Waals surface area contributed by atoms with Gasteiger partial charge in [0, 0.05) is 13.1 Å². The van der Waals surface area contributed by atoms with Crippen molar-refractivity contribution >= 4 is 5.97 Å². The summed E-state index contributed by atoms with van der Waals surface area (Å²) in [6.45, 7) is 4.22. The molecule has 1 N–H and O–H groups in total. The van der Waals surface area contributed by atoms with Gasteiger partial charge in [-0.1, -0.05) is 13.3 Å². The molecule has 1 aliphatic heterocycles. The van der Waals surface area contributed by atoms with Gasteiger partial charge in [0.25, 0.3) is 0 Å². The third-order valence-corrected chi connectivity index (χ3v) is 4.55. The number of hydrogen-bond acceptors (Lipinski definition) is 2. The third-order valence-electron chi connectivity index (χ3n) is 4.55. The lowest BCUT2D eigenvalue weighted by Gasteiger charge is -2.48. The molecule has 16 heavy (non-hydrogen) atoms. The van der Waals surface area contributed by atoms with Crippen LogP contribution in [0.1, 0.15) is 32.6 Å². The Morgan fingerprint density at radius 2 is 1.94 bits per heavy atom. The van der Waals surface area contributed by atoms with Crippen molar-refractivity contribution in [3.8, 4) is 0 Å². The molecule has 1 heterocycles. The van der Waals surface area contributed by atoms with E-state index in [1.165, 1.54) is 19.3 Å². The summed E-state index contributed by atoms with van der Waals surface area (Å²) < 4.78 is 0. The number of piperidine rings is 1. The van der Waals surface area contributed by atoms with Crippen LogP contribution in [0.4, 0.5) is 0 Å². The summed E-state index contributed by atoms with van der Waals surface area (Å²) in [7, 11) is 2.17. The number of carboxylic acids is 1. The Balaban J connectivity index is 2.16. The molecule has 3 heteroatoms. The molecule has 3 atom stereocenters. The van der Waals surface area contributed by atoms with Crippen molar-refractivity contribution in [3.63, 3.8) is 0 Å². The Kier molecular flexibility index (Phi) is 3.53. The Morgan fingerprint density at radius 3 is 2.38 bits per heavy atom. The van der Waals surface area contributed by atoms with Gasteiger partial charge in [0.2, 0.25) is 0 Å². The molecule has 1 aliphatic carbocycles. The van der Waals surface area contributed by atoms with Crippen LogP contribution in [-0.4, -0.2) is 36.1 Å². The molecule has 2 bridgehead atoms. The van der Waals surface area contributed by atoms with Gasteiger partial charge >= 0.3 is 5.97 Å². The number of hydrogen-bond donors (Lipinski definition) is 1. The molecule has 3 nitrogen and oxygen atoms in total. The van der Waals surface area contributed by atoms with Crippen LogP contribution in [0.15, 0.2) is 0 Å². The first-order valence-corrected chi connectivity index (χ1v) is 6.54. The van der Waals surface area contributed by atoms with Gasteiger partial charge in [0.05, 0.1) is 5.92 Å². The van der Waals surface area contributed by atoms with Crippen LogP contribution in [0.3, 0.4) is 0 Å². The second-order valence-electron chi connectivity index (χ2n) is 5.60. The summed E-state index contributed by atoms with van der Waals surface area (Å²) >= 11 is 0. The summed E-state index contributed by atoms with van der Waals surface area (Å²) in [6, 6.07) is 0. The maximum atomic E-state index is 11.3. The molecule has 2 rings (SSSR count). The maximum absolute atomic E-state index is 11.3. The quantitative estimate of drug-likeness (QED) is 0.799. The van der Waals surface area contributed by atoms with Crippen molar-refractivity contribution in [2.45, 2.75) is 32.6 Å². The van der Waals surface area contributed by atoms with E-state index in [1.807, 2.05) is 6.92 Å². The lowest BCUT2D eigenvalue weighted by molar-refractivity contribution is -0.148. The van der Waals surface area contributed by atoms with E-state index in [1.54, 1.807) is 0 Å². The molecule has 0 aromatic rings. The zero-order chi connectivity index (χ0) is 11.7. The normalized spacial score (nSPS) is 37.0. The van der Waals surface area contributed by atoms with Gasteiger partial charge in [-0.2, -0.15) is 0 Å². The van der Waals surface area contributed by atoms with Gasteiger partial charge in [-0.15, -0.1) is 0 Å². The van der Waals surface area contributed by atoms with Crippen molar-refractivity contribution in [3.05, 3.63) is 0 Å². The van der Waals surface area contributed by atoms with E-state index in [2.05, 4.69) is 11.9 Å². The number of carbonyl (C=O) groups is 1. The van der Waals surface area contributed by atoms with Crippen LogP contribution in [0.2, 0.25) is 0 Å². The summed E-state index contributed by atoms with van der Waals surface area (Å²) in [4.78, 5) is 13.7. The van der Waals surface area contributed by atoms with Crippen molar-refractivity contribution < 1.29 is 9.90 Å². The van der Waals surface area contributed by atoms with E-state index < -0.39 is 5.97 Å². The lowest BCUT2D eigenvalue weighted by atomic mass is 9.63. The molecule has 1 saturated heterocycles. The molecular weight excluding hydrogens is 202 g/mol. The summed E-state index contributed by atoms with van der Waals surface area (Å²) in [5.41, 5.74) is 0. The summed E-state index contributed by atoms with van der Waals surface area (Å²) in [5.74, 6) is 1.00. The van der Waals surface area contributed by atoms with E-state index in [9.17, 15) is 9.90 Å². The minimum atomic E-state index is -0.575. The number of nitrogens with zero attached hydrogens (tertiary/aromatic N) is 1. The second kappa shape index (κ2) is 4.74. The van der Waals surface area contributed by atoms with Crippen LogP contribution in [0.5, 0.6) is 0 Å². The lowest BCUT2D eigenvalue weighted by Crippen LogP contribution is -2.50.